The molecule has 4 aliphatic carbocycles. The first-order valence-corrected chi connectivity index (χ1v) is 13.6. The van der Waals surface area contributed by atoms with Crippen LogP contribution in [0.4, 0.5) is 0 Å². The fourth-order valence-corrected chi connectivity index (χ4v) is 8.69. The van der Waals surface area contributed by atoms with Gasteiger partial charge in [0.25, 0.3) is 0 Å². The van der Waals surface area contributed by atoms with E-state index in [1.54, 1.807) is 6.08 Å². The summed E-state index contributed by atoms with van der Waals surface area (Å²) in [6.07, 6.45) is 11.1. The van der Waals surface area contributed by atoms with Crippen molar-refractivity contribution in [2.45, 2.75) is 116 Å². The van der Waals surface area contributed by atoms with Gasteiger partial charge in [-0.3, -0.25) is 0 Å². The van der Waals surface area contributed by atoms with Gasteiger partial charge in [0.05, 0.1) is 11.7 Å². The largest absolute Gasteiger partial charge is 0.393 e. The van der Waals surface area contributed by atoms with Gasteiger partial charge in [0.1, 0.15) is 11.7 Å². The van der Waals surface area contributed by atoms with Crippen LogP contribution in [0.3, 0.4) is 0 Å². The number of rotatable bonds is 5. The standard InChI is InChI=1S/C29H48O4/c1-7-20(18(2)3)9-8-19(4)22-10-11-23-24-16-25(31)29(33)17-21(30)12-13-27(29,6)28(24,32)15-14-26(22,23)5/h8-9,16,18-23,25,30-33H,7,10-15,17H2,1-6H3/b9-8+/t19-,20+,21+,22-,23+,25-,26-,27-,28-,29+/m1/s1. The van der Waals surface area contributed by atoms with Crippen molar-refractivity contribution in [2.75, 3.05) is 0 Å². The van der Waals surface area contributed by atoms with Crippen molar-refractivity contribution in [1.82, 2.24) is 0 Å². The Morgan fingerprint density at radius 1 is 1.00 bits per heavy atom. The van der Waals surface area contributed by atoms with Crippen LogP contribution >= 0.6 is 0 Å². The van der Waals surface area contributed by atoms with Gasteiger partial charge in [0, 0.05) is 11.8 Å². The van der Waals surface area contributed by atoms with Crippen molar-refractivity contribution >= 4 is 0 Å². The average Bonchev–Trinajstić information content (AvgIpc) is 3.10. The summed E-state index contributed by atoms with van der Waals surface area (Å²) < 4.78 is 0. The van der Waals surface area contributed by atoms with Gasteiger partial charge in [0.2, 0.25) is 0 Å². The summed E-state index contributed by atoms with van der Waals surface area (Å²) in [5.74, 6) is 2.52. The molecule has 33 heavy (non-hydrogen) atoms. The van der Waals surface area contributed by atoms with Crippen molar-refractivity contribution in [3.8, 4) is 0 Å². The minimum absolute atomic E-state index is 0.0844. The average molecular weight is 461 g/mol. The first kappa shape index (κ1) is 25.4. The summed E-state index contributed by atoms with van der Waals surface area (Å²) in [5, 5.41) is 45.3. The predicted octanol–water partition coefficient (Wildman–Crippen LogP) is 5.00. The molecule has 0 saturated heterocycles. The summed E-state index contributed by atoms with van der Waals surface area (Å²) in [7, 11) is 0. The van der Waals surface area contributed by atoms with E-state index >= 15 is 0 Å². The fourth-order valence-electron chi connectivity index (χ4n) is 8.69. The number of aliphatic hydroxyl groups is 4. The fraction of sp³-hybridized carbons (Fsp3) is 0.862. The lowest BCUT2D eigenvalue weighted by Gasteiger charge is -2.65. The van der Waals surface area contributed by atoms with Crippen LogP contribution in [0.15, 0.2) is 23.8 Å². The molecular weight excluding hydrogens is 412 g/mol. The lowest BCUT2D eigenvalue weighted by atomic mass is 9.43. The Morgan fingerprint density at radius 2 is 1.70 bits per heavy atom. The highest BCUT2D eigenvalue weighted by Crippen LogP contribution is 2.69. The molecule has 0 aromatic heterocycles. The van der Waals surface area contributed by atoms with E-state index in [2.05, 4.69) is 46.8 Å². The maximum absolute atomic E-state index is 12.2. The first-order valence-electron chi connectivity index (χ1n) is 13.6. The zero-order chi connectivity index (χ0) is 24.4. The second-order valence-electron chi connectivity index (χ2n) is 12.9. The quantitative estimate of drug-likeness (QED) is 0.435. The summed E-state index contributed by atoms with van der Waals surface area (Å²) in [6.45, 7) is 13.6. The Labute approximate surface area is 201 Å². The van der Waals surface area contributed by atoms with E-state index in [9.17, 15) is 20.4 Å². The second kappa shape index (κ2) is 8.47. The van der Waals surface area contributed by atoms with Crippen LogP contribution in [0, 0.1) is 40.4 Å². The zero-order valence-electron chi connectivity index (χ0n) is 21.7. The van der Waals surface area contributed by atoms with Gasteiger partial charge in [-0.25, -0.2) is 0 Å². The van der Waals surface area contributed by atoms with Crippen LogP contribution in [-0.4, -0.2) is 43.8 Å². The van der Waals surface area contributed by atoms with Crippen molar-refractivity contribution < 1.29 is 20.4 Å². The molecule has 0 bridgehead atoms. The molecule has 188 valence electrons. The maximum atomic E-state index is 12.2. The molecule has 4 aliphatic rings. The van der Waals surface area contributed by atoms with Gasteiger partial charge in [-0.15, -0.1) is 0 Å². The Kier molecular flexibility index (Phi) is 6.52. The van der Waals surface area contributed by atoms with E-state index in [1.165, 1.54) is 6.42 Å². The number of aliphatic hydroxyl groups excluding tert-OH is 2. The van der Waals surface area contributed by atoms with Crippen LogP contribution in [0.5, 0.6) is 0 Å². The molecule has 0 aromatic carbocycles. The molecule has 4 rings (SSSR count). The highest BCUT2D eigenvalue weighted by molar-refractivity contribution is 5.40. The van der Waals surface area contributed by atoms with E-state index in [0.717, 1.165) is 24.8 Å². The van der Waals surface area contributed by atoms with Gasteiger partial charge in [-0.1, -0.05) is 59.8 Å². The molecule has 4 nitrogen and oxygen atoms in total. The number of allylic oxidation sites excluding steroid dienone is 2. The normalized spacial score (nSPS) is 49.4. The molecular formula is C29H48O4. The third kappa shape index (κ3) is 3.53. The summed E-state index contributed by atoms with van der Waals surface area (Å²) in [4.78, 5) is 0. The Hall–Kier alpha value is -0.680. The topological polar surface area (TPSA) is 80.9 Å². The third-order valence-electron chi connectivity index (χ3n) is 11.1. The molecule has 0 amide bonds. The molecule has 0 heterocycles. The smallest absolute Gasteiger partial charge is 0.105 e. The Bertz CT molecular complexity index is 803. The number of hydrogen-bond donors (Lipinski definition) is 4. The maximum Gasteiger partial charge on any atom is 0.105 e. The molecule has 3 saturated carbocycles. The Balaban J connectivity index is 1.65. The van der Waals surface area contributed by atoms with Crippen molar-refractivity contribution in [3.05, 3.63) is 23.8 Å². The zero-order valence-corrected chi connectivity index (χ0v) is 21.7. The predicted molar refractivity (Wildman–Crippen MR) is 132 cm³/mol. The van der Waals surface area contributed by atoms with Crippen LogP contribution in [0.1, 0.15) is 92.9 Å². The minimum atomic E-state index is -1.49. The summed E-state index contributed by atoms with van der Waals surface area (Å²) in [6, 6.07) is 0. The van der Waals surface area contributed by atoms with Crippen LogP contribution in [0.25, 0.3) is 0 Å². The second-order valence-corrected chi connectivity index (χ2v) is 12.9. The van der Waals surface area contributed by atoms with Gasteiger partial charge >= 0.3 is 0 Å². The molecule has 0 aromatic rings. The van der Waals surface area contributed by atoms with Gasteiger partial charge < -0.3 is 20.4 Å². The molecule has 0 aliphatic heterocycles. The van der Waals surface area contributed by atoms with Crippen LogP contribution in [0.2, 0.25) is 0 Å². The highest BCUT2D eigenvalue weighted by Gasteiger charge is 2.70. The molecule has 10 atom stereocenters. The van der Waals surface area contributed by atoms with E-state index in [0.29, 0.717) is 42.9 Å². The molecule has 3 fully saturated rings. The molecule has 4 N–H and O–H groups in total. The lowest BCUT2D eigenvalue weighted by molar-refractivity contribution is -0.258. The molecule has 0 unspecified atom stereocenters. The van der Waals surface area contributed by atoms with Crippen molar-refractivity contribution in [2.24, 2.45) is 40.4 Å². The van der Waals surface area contributed by atoms with Crippen LogP contribution in [-0.2, 0) is 0 Å². The lowest BCUT2D eigenvalue weighted by Crippen LogP contribution is -2.72. The number of fused-ring (bicyclic) bond motifs is 5. The SMILES string of the molecule is CC[C@@H](/C=C/[C@@H](C)[C@H]1CC[C@H]2C3=C[C@@H](O)[C@@]4(O)C[C@@H](O)CC[C@]4(C)[C@@]3(O)CC[C@]12C)C(C)C. The Morgan fingerprint density at radius 3 is 2.33 bits per heavy atom. The van der Waals surface area contributed by atoms with E-state index in [4.69, 9.17) is 0 Å². The van der Waals surface area contributed by atoms with Gasteiger partial charge in [0.15, 0.2) is 0 Å². The van der Waals surface area contributed by atoms with Gasteiger partial charge in [-0.2, -0.15) is 0 Å². The van der Waals surface area contributed by atoms with Gasteiger partial charge in [-0.05, 0) is 85.5 Å². The minimum Gasteiger partial charge on any atom is -0.393 e. The van der Waals surface area contributed by atoms with Crippen molar-refractivity contribution in [3.63, 3.8) is 0 Å². The first-order chi connectivity index (χ1) is 15.3. The molecule has 4 heteroatoms. The van der Waals surface area contributed by atoms with E-state index < -0.39 is 28.8 Å². The summed E-state index contributed by atoms with van der Waals surface area (Å²) >= 11 is 0. The van der Waals surface area contributed by atoms with E-state index in [1.807, 2.05) is 6.92 Å². The highest BCUT2D eigenvalue weighted by atomic mass is 16.4. The van der Waals surface area contributed by atoms with Crippen LogP contribution < -0.4 is 0 Å². The third-order valence-corrected chi connectivity index (χ3v) is 11.1. The summed E-state index contributed by atoms with van der Waals surface area (Å²) in [5.41, 5.74) is -2.40. The van der Waals surface area contributed by atoms with E-state index in [-0.39, 0.29) is 17.8 Å². The molecule has 0 radical (unpaired) electrons. The number of hydrogen-bond acceptors (Lipinski definition) is 4. The molecule has 0 spiro atoms. The monoisotopic (exact) mass is 460 g/mol. The van der Waals surface area contributed by atoms with Crippen molar-refractivity contribution in [1.29, 1.82) is 0 Å².